The fourth-order valence-electron chi connectivity index (χ4n) is 4.25. The van der Waals surface area contributed by atoms with Crippen LogP contribution in [-0.2, 0) is 43.8 Å². The van der Waals surface area contributed by atoms with E-state index in [0.717, 1.165) is 5.69 Å². The van der Waals surface area contributed by atoms with Crippen molar-refractivity contribution < 1.29 is 20.1 Å². The van der Waals surface area contributed by atoms with E-state index >= 15 is 0 Å². The second kappa shape index (κ2) is 6.49. The molecule has 0 unspecified atom stereocenters. The van der Waals surface area contributed by atoms with Gasteiger partial charge >= 0.3 is 0 Å². The molecule has 1 heterocycles. The van der Waals surface area contributed by atoms with Crippen LogP contribution in [0.15, 0.2) is 36.5 Å². The Bertz CT molecular complexity index is 830. The molecule has 0 bridgehead atoms. The number of benzene rings is 1. The number of aromatic nitrogens is 1. The summed E-state index contributed by atoms with van der Waals surface area (Å²) in [5, 5.41) is 0. The van der Waals surface area contributed by atoms with Crippen molar-refractivity contribution in [1.29, 1.82) is 0 Å². The number of aryl methyl sites for hydroxylation is 2. The molecule has 0 amide bonds. The smallest absolute Gasteiger partial charge is 0.0195 e. The van der Waals surface area contributed by atoms with Gasteiger partial charge in [0.05, 0.1) is 0 Å². The van der Waals surface area contributed by atoms with Crippen LogP contribution in [0.3, 0.4) is 0 Å². The fraction of sp³-hybridized carbons (Fsp3) is 0.435. The van der Waals surface area contributed by atoms with Crippen molar-refractivity contribution in [3.8, 4) is 11.3 Å². The molecule has 133 valence electrons. The van der Waals surface area contributed by atoms with Crippen molar-refractivity contribution in [3.05, 3.63) is 64.9 Å². The summed E-state index contributed by atoms with van der Waals surface area (Å²) in [6.45, 7) is 9.18. The summed E-state index contributed by atoms with van der Waals surface area (Å²) in [6, 6.07) is 10.2. The Morgan fingerprint density at radius 1 is 0.960 bits per heavy atom. The second-order valence-electron chi connectivity index (χ2n) is 8.46. The largest absolute Gasteiger partial charge is 0.304 e. The van der Waals surface area contributed by atoms with Crippen LogP contribution in [0.4, 0.5) is 0 Å². The van der Waals surface area contributed by atoms with Gasteiger partial charge in [-0.05, 0) is 47.8 Å². The second-order valence-corrected chi connectivity index (χ2v) is 8.46. The minimum atomic E-state index is 0. The van der Waals surface area contributed by atoms with E-state index in [0.29, 0.717) is 0 Å². The van der Waals surface area contributed by atoms with Crippen LogP contribution >= 0.6 is 0 Å². The maximum absolute atomic E-state index is 4.83. The van der Waals surface area contributed by atoms with Crippen LogP contribution in [0.5, 0.6) is 0 Å². The Balaban J connectivity index is 0.00000182. The van der Waals surface area contributed by atoms with Crippen molar-refractivity contribution in [2.24, 2.45) is 0 Å². The van der Waals surface area contributed by atoms with E-state index in [2.05, 4.69) is 70.3 Å². The van der Waals surface area contributed by atoms with Gasteiger partial charge in [-0.3, -0.25) is 0 Å². The minimum Gasteiger partial charge on any atom is -0.304 e. The zero-order chi connectivity index (χ0) is 16.9. The minimum absolute atomic E-state index is 0. The molecule has 2 heteroatoms. The van der Waals surface area contributed by atoms with Crippen LogP contribution in [0.1, 0.15) is 62.8 Å². The molecule has 1 aromatic heterocycles. The Labute approximate surface area is 165 Å². The van der Waals surface area contributed by atoms with Crippen molar-refractivity contribution in [3.63, 3.8) is 0 Å². The molecule has 0 atom stereocenters. The molecule has 2 aliphatic rings. The molecule has 1 radical (unpaired) electrons. The Morgan fingerprint density at radius 2 is 1.64 bits per heavy atom. The van der Waals surface area contributed by atoms with E-state index in [1.165, 1.54) is 53.5 Å². The van der Waals surface area contributed by atoms with Gasteiger partial charge in [0.15, 0.2) is 0 Å². The van der Waals surface area contributed by atoms with Crippen molar-refractivity contribution in [1.82, 2.24) is 4.98 Å². The first-order valence-corrected chi connectivity index (χ1v) is 9.13. The number of hydrogen-bond acceptors (Lipinski definition) is 1. The van der Waals surface area contributed by atoms with Crippen LogP contribution < -0.4 is 0 Å². The normalized spacial score (nSPS) is 19.5. The number of nitrogens with zero attached hydrogens (tertiary/aromatic N) is 1. The van der Waals surface area contributed by atoms with Gasteiger partial charge in [0.1, 0.15) is 0 Å². The molecule has 0 saturated carbocycles. The van der Waals surface area contributed by atoms with Gasteiger partial charge in [-0.1, -0.05) is 51.5 Å². The Morgan fingerprint density at radius 3 is 2.40 bits per heavy atom. The van der Waals surface area contributed by atoms with Gasteiger partial charge < -0.3 is 4.98 Å². The average molecular weight is 509 g/mol. The van der Waals surface area contributed by atoms with E-state index in [-0.39, 0.29) is 30.9 Å². The molecule has 0 fully saturated rings. The van der Waals surface area contributed by atoms with E-state index in [1.54, 1.807) is 0 Å². The average Bonchev–Trinajstić information content (AvgIpc) is 2.58. The zero-order valence-corrected chi connectivity index (χ0v) is 18.0. The van der Waals surface area contributed by atoms with Gasteiger partial charge in [-0.2, -0.15) is 0 Å². The summed E-state index contributed by atoms with van der Waals surface area (Å²) in [7, 11) is 0. The first kappa shape index (κ1) is 18.5. The van der Waals surface area contributed by atoms with Crippen molar-refractivity contribution in [2.75, 3.05) is 0 Å². The van der Waals surface area contributed by atoms with E-state index in [1.807, 2.05) is 0 Å². The molecular weight excluding hydrogens is 482 g/mol. The van der Waals surface area contributed by atoms with Crippen molar-refractivity contribution in [2.45, 2.75) is 64.2 Å². The molecule has 2 aromatic rings. The predicted octanol–water partition coefficient (Wildman–Crippen LogP) is 5.55. The predicted molar refractivity (Wildman–Crippen MR) is 100 cm³/mol. The molecule has 4 rings (SSSR count). The third-order valence-electron chi connectivity index (χ3n) is 5.73. The van der Waals surface area contributed by atoms with Crippen molar-refractivity contribution >= 4 is 0 Å². The van der Waals surface area contributed by atoms with Crippen LogP contribution in [0.2, 0.25) is 0 Å². The molecule has 1 aromatic carbocycles. The molecule has 1 nitrogen and oxygen atoms in total. The van der Waals surface area contributed by atoms with Crippen LogP contribution in [0.25, 0.3) is 11.3 Å². The number of fused-ring (bicyclic) bond motifs is 2. The first-order chi connectivity index (χ1) is 11.4. The molecular formula is C23H26IrN-. The number of hydrogen-bond donors (Lipinski definition) is 0. The quantitative estimate of drug-likeness (QED) is 0.364. The van der Waals surface area contributed by atoms with Gasteiger partial charge in [0.2, 0.25) is 0 Å². The first-order valence-electron chi connectivity index (χ1n) is 9.13. The van der Waals surface area contributed by atoms with Crippen LogP contribution in [0, 0.1) is 6.07 Å². The summed E-state index contributed by atoms with van der Waals surface area (Å²) >= 11 is 0. The number of allylic oxidation sites excluding steroid dienone is 2. The summed E-state index contributed by atoms with van der Waals surface area (Å²) < 4.78 is 0. The summed E-state index contributed by atoms with van der Waals surface area (Å²) in [5.41, 5.74) is 8.06. The molecule has 0 aliphatic heterocycles. The van der Waals surface area contributed by atoms with Crippen LogP contribution in [-0.4, -0.2) is 4.98 Å². The molecule has 0 N–H and O–H groups in total. The number of pyridine rings is 1. The van der Waals surface area contributed by atoms with Gasteiger partial charge in [0, 0.05) is 26.3 Å². The fourth-order valence-corrected chi connectivity index (χ4v) is 4.25. The molecule has 0 spiro atoms. The third-order valence-corrected chi connectivity index (χ3v) is 5.73. The monoisotopic (exact) mass is 509 g/mol. The topological polar surface area (TPSA) is 12.9 Å². The maximum atomic E-state index is 4.83. The summed E-state index contributed by atoms with van der Waals surface area (Å²) in [4.78, 5) is 4.83. The zero-order valence-electron chi connectivity index (χ0n) is 15.6. The summed E-state index contributed by atoms with van der Waals surface area (Å²) in [6.07, 6.45) is 11.8. The Hall–Kier alpha value is -1.24. The Kier molecular flexibility index (Phi) is 4.81. The third kappa shape index (κ3) is 3.15. The molecule has 25 heavy (non-hydrogen) atoms. The van der Waals surface area contributed by atoms with E-state index in [9.17, 15) is 0 Å². The van der Waals surface area contributed by atoms with Gasteiger partial charge in [-0.15, -0.1) is 34.9 Å². The SMILES string of the molecule is CC1(C)C=CC(C)(C)c2c(-c3cc4c(cn3)CCCC4)[c-]ccc21.[Ir]. The van der Waals surface area contributed by atoms with Gasteiger partial charge in [-0.25, -0.2) is 0 Å². The number of rotatable bonds is 1. The molecule has 0 saturated heterocycles. The molecule has 2 aliphatic carbocycles. The van der Waals surface area contributed by atoms with E-state index < -0.39 is 0 Å². The summed E-state index contributed by atoms with van der Waals surface area (Å²) in [5.74, 6) is 0. The van der Waals surface area contributed by atoms with Gasteiger partial charge in [0.25, 0.3) is 0 Å². The van der Waals surface area contributed by atoms with E-state index in [4.69, 9.17) is 4.98 Å². The maximum Gasteiger partial charge on any atom is 0.0195 e. The standard InChI is InChI=1S/C23H26N.Ir/c1-22(2)12-13-23(3,4)21-18(10-7-11-19(21)22)20-14-16-8-5-6-9-17(16)15-24-20;/h7,11-15H,5-6,8-9H2,1-4H3;/q-1;.